The molecule has 1 aliphatic rings. The third-order valence-corrected chi connectivity index (χ3v) is 3.08. The van der Waals surface area contributed by atoms with E-state index in [1.165, 1.54) is 0 Å². The molecule has 5 heteroatoms. The Morgan fingerprint density at radius 3 is 2.53 bits per heavy atom. The second-order valence-corrected chi connectivity index (χ2v) is 4.21. The third kappa shape index (κ3) is 2.19. The van der Waals surface area contributed by atoms with E-state index >= 15 is 0 Å². The molecule has 2 N–H and O–H groups in total. The molecule has 17 heavy (non-hydrogen) atoms. The number of methoxy groups -OCH3 is 1. The topological polar surface area (TPSA) is 70.0 Å². The molecule has 0 spiro atoms. The number of β-amino-alcohol motifs (C(OH)–C–C–N with tert-alkyl or cyclic N) is 1. The lowest BCUT2D eigenvalue weighted by Crippen LogP contribution is -2.41. The molecule has 1 unspecified atom stereocenters. The Morgan fingerprint density at radius 1 is 1.41 bits per heavy atom. The average molecular weight is 237 g/mol. The van der Waals surface area contributed by atoms with Gasteiger partial charge in [0.2, 0.25) is 0 Å². The van der Waals surface area contributed by atoms with E-state index in [2.05, 4.69) is 0 Å². The molecule has 1 aliphatic heterocycles. The highest BCUT2D eigenvalue weighted by atomic mass is 16.5. The fourth-order valence-corrected chi connectivity index (χ4v) is 1.98. The molecule has 0 radical (unpaired) electrons. The van der Waals surface area contributed by atoms with Gasteiger partial charge in [0.15, 0.2) is 5.60 Å². The maximum atomic E-state index is 10.9. The van der Waals surface area contributed by atoms with Crippen molar-refractivity contribution < 1.29 is 19.7 Å². The van der Waals surface area contributed by atoms with Crippen LogP contribution in [0.3, 0.4) is 0 Å². The molecule has 0 aliphatic carbocycles. The zero-order chi connectivity index (χ0) is 12.5. The number of aliphatic hydroxyl groups is 1. The molecule has 0 saturated carbocycles. The number of carbonyl (C=O) groups is 1. The lowest BCUT2D eigenvalue weighted by molar-refractivity contribution is -0.156. The summed E-state index contributed by atoms with van der Waals surface area (Å²) in [5, 5.41) is 18.8. The molecular weight excluding hydrogens is 222 g/mol. The molecule has 92 valence electrons. The van der Waals surface area contributed by atoms with Crippen molar-refractivity contribution in [1.29, 1.82) is 0 Å². The lowest BCUT2D eigenvalue weighted by atomic mass is 10.0. The van der Waals surface area contributed by atoms with Gasteiger partial charge in [-0.2, -0.15) is 0 Å². The normalized spacial score (nSPS) is 23.8. The SMILES string of the molecule is COc1ccc(N2CCC(O)(C(=O)O)C2)cc1. The highest BCUT2D eigenvalue weighted by Gasteiger charge is 2.43. The van der Waals surface area contributed by atoms with E-state index in [0.29, 0.717) is 6.54 Å². The summed E-state index contributed by atoms with van der Waals surface area (Å²) in [4.78, 5) is 12.8. The van der Waals surface area contributed by atoms with Crippen LogP contribution in [0.5, 0.6) is 5.75 Å². The van der Waals surface area contributed by atoms with E-state index in [-0.39, 0.29) is 13.0 Å². The maximum absolute atomic E-state index is 10.9. The minimum Gasteiger partial charge on any atom is -0.497 e. The summed E-state index contributed by atoms with van der Waals surface area (Å²) in [5.74, 6) is -0.407. The van der Waals surface area contributed by atoms with Crippen molar-refractivity contribution in [2.75, 3.05) is 25.1 Å². The maximum Gasteiger partial charge on any atom is 0.337 e. The highest BCUT2D eigenvalue weighted by Crippen LogP contribution is 2.28. The first-order chi connectivity index (χ1) is 8.05. The van der Waals surface area contributed by atoms with Crippen LogP contribution in [0.15, 0.2) is 24.3 Å². The monoisotopic (exact) mass is 237 g/mol. The summed E-state index contributed by atoms with van der Waals surface area (Å²) in [6.07, 6.45) is 0.244. The second-order valence-electron chi connectivity index (χ2n) is 4.21. The first kappa shape index (κ1) is 11.7. The molecule has 1 heterocycles. The smallest absolute Gasteiger partial charge is 0.337 e. The van der Waals surface area contributed by atoms with Gasteiger partial charge in [-0.1, -0.05) is 0 Å². The van der Waals surface area contributed by atoms with Crippen molar-refractivity contribution in [2.24, 2.45) is 0 Å². The van der Waals surface area contributed by atoms with Crippen LogP contribution in [-0.2, 0) is 4.79 Å². The van der Waals surface area contributed by atoms with Crippen LogP contribution in [-0.4, -0.2) is 42.0 Å². The number of ether oxygens (including phenoxy) is 1. The van der Waals surface area contributed by atoms with Gasteiger partial charge in [0.25, 0.3) is 0 Å². The molecule has 5 nitrogen and oxygen atoms in total. The minimum absolute atomic E-state index is 0.120. The fourth-order valence-electron chi connectivity index (χ4n) is 1.98. The number of carboxylic acid groups (broad SMARTS) is 1. The second kappa shape index (κ2) is 4.25. The van der Waals surface area contributed by atoms with Crippen molar-refractivity contribution >= 4 is 11.7 Å². The molecule has 0 aromatic heterocycles. The summed E-state index contributed by atoms with van der Waals surface area (Å²) in [6.45, 7) is 0.657. The predicted octanol–water partition coefficient (Wildman–Crippen LogP) is 0.721. The summed E-state index contributed by atoms with van der Waals surface area (Å²) < 4.78 is 5.05. The summed E-state index contributed by atoms with van der Waals surface area (Å²) >= 11 is 0. The van der Waals surface area contributed by atoms with E-state index in [9.17, 15) is 9.90 Å². The summed E-state index contributed by atoms with van der Waals surface area (Å²) in [5.41, 5.74) is -0.733. The number of hydrogen-bond acceptors (Lipinski definition) is 4. The fraction of sp³-hybridized carbons (Fsp3) is 0.417. The molecule has 2 rings (SSSR count). The minimum atomic E-state index is -1.63. The summed E-state index contributed by atoms with van der Waals surface area (Å²) in [7, 11) is 1.59. The Balaban J connectivity index is 2.12. The standard InChI is InChI=1S/C12H15NO4/c1-17-10-4-2-9(3-5-10)13-7-6-12(16,8-13)11(14)15/h2-5,16H,6-8H2,1H3,(H,14,15). The number of nitrogens with zero attached hydrogens (tertiary/aromatic N) is 1. The largest absolute Gasteiger partial charge is 0.497 e. The number of rotatable bonds is 3. The highest BCUT2D eigenvalue weighted by molar-refractivity contribution is 5.79. The van der Waals surface area contributed by atoms with Gasteiger partial charge in [0, 0.05) is 18.7 Å². The molecule has 1 fully saturated rings. The van der Waals surface area contributed by atoms with Crippen molar-refractivity contribution in [3.05, 3.63) is 24.3 Å². The quantitative estimate of drug-likeness (QED) is 0.810. The van der Waals surface area contributed by atoms with Crippen LogP contribution in [0.25, 0.3) is 0 Å². The zero-order valence-electron chi connectivity index (χ0n) is 9.59. The van der Waals surface area contributed by atoms with E-state index in [1.807, 2.05) is 29.2 Å². The number of hydrogen-bond donors (Lipinski definition) is 2. The third-order valence-electron chi connectivity index (χ3n) is 3.08. The molecule has 0 bridgehead atoms. The Bertz CT molecular complexity index is 417. The Hall–Kier alpha value is -1.75. The van der Waals surface area contributed by atoms with E-state index in [1.54, 1.807) is 7.11 Å². The van der Waals surface area contributed by atoms with Gasteiger partial charge in [-0.15, -0.1) is 0 Å². The lowest BCUT2D eigenvalue weighted by Gasteiger charge is -2.21. The van der Waals surface area contributed by atoms with Crippen molar-refractivity contribution in [3.8, 4) is 5.75 Å². The van der Waals surface area contributed by atoms with Crippen LogP contribution < -0.4 is 9.64 Å². The van der Waals surface area contributed by atoms with Gasteiger partial charge in [-0.3, -0.25) is 0 Å². The number of aliphatic carboxylic acids is 1. The van der Waals surface area contributed by atoms with Gasteiger partial charge in [0.05, 0.1) is 13.7 Å². The van der Waals surface area contributed by atoms with E-state index in [4.69, 9.17) is 9.84 Å². The van der Waals surface area contributed by atoms with Gasteiger partial charge >= 0.3 is 5.97 Å². The molecule has 1 saturated heterocycles. The summed E-state index contributed by atoms with van der Waals surface area (Å²) in [6, 6.07) is 7.33. The number of carboxylic acids is 1. The van der Waals surface area contributed by atoms with Gasteiger partial charge in [-0.25, -0.2) is 4.79 Å². The molecule has 1 aromatic rings. The van der Waals surface area contributed by atoms with E-state index in [0.717, 1.165) is 11.4 Å². The van der Waals surface area contributed by atoms with Crippen molar-refractivity contribution in [3.63, 3.8) is 0 Å². The molecule has 1 aromatic carbocycles. The first-order valence-electron chi connectivity index (χ1n) is 5.40. The number of benzene rings is 1. The Labute approximate surface area is 99.2 Å². The van der Waals surface area contributed by atoms with Crippen LogP contribution >= 0.6 is 0 Å². The average Bonchev–Trinajstić information content (AvgIpc) is 2.74. The van der Waals surface area contributed by atoms with Crippen molar-refractivity contribution in [2.45, 2.75) is 12.0 Å². The first-order valence-corrected chi connectivity index (χ1v) is 5.40. The molecular formula is C12H15NO4. The number of anilines is 1. The Morgan fingerprint density at radius 2 is 2.06 bits per heavy atom. The van der Waals surface area contributed by atoms with Crippen LogP contribution in [0, 0.1) is 0 Å². The van der Waals surface area contributed by atoms with Gasteiger partial charge in [-0.05, 0) is 24.3 Å². The Kier molecular flexibility index (Phi) is 2.93. The predicted molar refractivity (Wildman–Crippen MR) is 62.4 cm³/mol. The van der Waals surface area contributed by atoms with Crippen LogP contribution in [0.2, 0.25) is 0 Å². The van der Waals surface area contributed by atoms with Gasteiger partial charge < -0.3 is 19.8 Å². The molecule has 0 amide bonds. The van der Waals surface area contributed by atoms with Crippen LogP contribution in [0.4, 0.5) is 5.69 Å². The van der Waals surface area contributed by atoms with Crippen molar-refractivity contribution in [1.82, 2.24) is 0 Å². The molecule has 1 atom stereocenters. The van der Waals surface area contributed by atoms with Gasteiger partial charge in [0.1, 0.15) is 5.75 Å². The van der Waals surface area contributed by atoms with E-state index < -0.39 is 11.6 Å². The zero-order valence-corrected chi connectivity index (χ0v) is 9.59. The van der Waals surface area contributed by atoms with Crippen LogP contribution in [0.1, 0.15) is 6.42 Å².